The Labute approximate surface area is 143 Å². The van der Waals surface area contributed by atoms with E-state index in [0.717, 1.165) is 12.3 Å². The lowest BCUT2D eigenvalue weighted by Crippen LogP contribution is -2.10. The minimum atomic E-state index is -4.56. The lowest BCUT2D eigenvalue weighted by Gasteiger charge is -2.06. The van der Waals surface area contributed by atoms with Gasteiger partial charge in [-0.3, -0.25) is 9.78 Å². The maximum Gasteiger partial charge on any atom is 0.433 e. The number of alkyl halides is 3. The van der Waals surface area contributed by atoms with Crippen molar-refractivity contribution < 1.29 is 17.9 Å². The van der Waals surface area contributed by atoms with E-state index in [1.54, 1.807) is 18.2 Å². The Morgan fingerprint density at radius 2 is 2.00 bits per heavy atom. The van der Waals surface area contributed by atoms with Crippen molar-refractivity contribution in [3.05, 3.63) is 58.6 Å². The number of hydrogen-bond donors (Lipinski definition) is 1. The molecule has 132 valence electrons. The topological polar surface area (TPSA) is 72.3 Å². The molecule has 0 saturated heterocycles. The molecule has 4 rings (SSSR count). The molecule has 0 fully saturated rings. The average Bonchev–Trinajstić information content (AvgIpc) is 3.04. The van der Waals surface area contributed by atoms with Crippen LogP contribution in [-0.2, 0) is 6.18 Å². The number of rotatable bonds is 2. The summed E-state index contributed by atoms with van der Waals surface area (Å²) in [6, 6.07) is 8.81. The van der Waals surface area contributed by atoms with Crippen LogP contribution >= 0.6 is 0 Å². The Bertz CT molecular complexity index is 1190. The van der Waals surface area contributed by atoms with Crippen LogP contribution in [0, 0.1) is 0 Å². The van der Waals surface area contributed by atoms with Crippen LogP contribution in [0.2, 0.25) is 0 Å². The third kappa shape index (κ3) is 2.48. The highest BCUT2D eigenvalue weighted by atomic mass is 19.4. The summed E-state index contributed by atoms with van der Waals surface area (Å²) in [6.45, 7) is 0. The van der Waals surface area contributed by atoms with Crippen molar-refractivity contribution in [3.63, 3.8) is 0 Å². The number of methoxy groups -OCH3 is 1. The summed E-state index contributed by atoms with van der Waals surface area (Å²) in [5.74, 6) is 0.430. The number of benzene rings is 1. The van der Waals surface area contributed by atoms with E-state index in [-0.39, 0.29) is 16.8 Å². The molecule has 3 aromatic heterocycles. The molecule has 6 nitrogen and oxygen atoms in total. The Hall–Kier alpha value is -3.36. The first-order valence-corrected chi connectivity index (χ1v) is 7.51. The second-order valence-electron chi connectivity index (χ2n) is 5.56. The van der Waals surface area contributed by atoms with Gasteiger partial charge in [-0.05, 0) is 24.3 Å². The molecule has 1 aromatic carbocycles. The van der Waals surface area contributed by atoms with Crippen molar-refractivity contribution in [2.75, 3.05) is 7.11 Å². The average molecular weight is 360 g/mol. The predicted octanol–water partition coefficient (Wildman–Crippen LogP) is 3.27. The van der Waals surface area contributed by atoms with Crippen molar-refractivity contribution in [3.8, 4) is 17.0 Å². The molecule has 0 saturated carbocycles. The van der Waals surface area contributed by atoms with Crippen LogP contribution in [0.1, 0.15) is 5.69 Å². The van der Waals surface area contributed by atoms with Gasteiger partial charge in [-0.25, -0.2) is 4.52 Å². The number of aromatic nitrogens is 4. The van der Waals surface area contributed by atoms with Crippen LogP contribution in [-0.4, -0.2) is 26.7 Å². The van der Waals surface area contributed by atoms with E-state index in [4.69, 9.17) is 4.74 Å². The SMILES string of the molecule is COc1cccc2c(=O)[nH]c3cc(-c4ccnc(C(F)(F)F)c4)nn3c12. The van der Waals surface area contributed by atoms with Crippen molar-refractivity contribution in [1.29, 1.82) is 0 Å². The highest BCUT2D eigenvalue weighted by Crippen LogP contribution is 2.31. The summed E-state index contributed by atoms with van der Waals surface area (Å²) in [4.78, 5) is 18.3. The zero-order valence-corrected chi connectivity index (χ0v) is 13.3. The zero-order chi connectivity index (χ0) is 18.5. The molecule has 0 spiro atoms. The predicted molar refractivity (Wildman–Crippen MR) is 88.1 cm³/mol. The first kappa shape index (κ1) is 16.1. The highest BCUT2D eigenvalue weighted by molar-refractivity contribution is 5.86. The molecular formula is C17H11F3N4O2. The van der Waals surface area contributed by atoms with Crippen molar-refractivity contribution >= 4 is 16.6 Å². The Morgan fingerprint density at radius 1 is 1.19 bits per heavy atom. The standard InChI is InChI=1S/C17H11F3N4O2/c1-26-12-4-2-3-10-15(12)24-14(22-16(10)25)8-11(23-24)9-5-6-21-13(7-9)17(18,19)20/h2-8H,1H3,(H,22,25). The number of nitrogens with zero attached hydrogens (tertiary/aromatic N) is 3. The third-order valence-corrected chi connectivity index (χ3v) is 3.97. The summed E-state index contributed by atoms with van der Waals surface area (Å²) < 4.78 is 45.4. The van der Waals surface area contributed by atoms with Crippen LogP contribution in [0.5, 0.6) is 5.75 Å². The van der Waals surface area contributed by atoms with Gasteiger partial charge in [0, 0.05) is 17.8 Å². The van der Waals surface area contributed by atoms with Crippen molar-refractivity contribution in [1.82, 2.24) is 19.6 Å². The molecule has 1 N–H and O–H groups in total. The molecule has 9 heteroatoms. The Kier molecular flexibility index (Phi) is 3.46. The number of nitrogens with one attached hydrogen (secondary N) is 1. The van der Waals surface area contributed by atoms with Crippen LogP contribution in [0.25, 0.3) is 27.8 Å². The summed E-state index contributed by atoms with van der Waals surface area (Å²) in [7, 11) is 1.46. The molecule has 0 bridgehead atoms. The molecule has 4 aromatic rings. The number of halogens is 3. The van der Waals surface area contributed by atoms with E-state index in [0.29, 0.717) is 22.3 Å². The van der Waals surface area contributed by atoms with E-state index in [1.807, 2.05) is 0 Å². The summed E-state index contributed by atoms with van der Waals surface area (Å²) in [5, 5.41) is 4.71. The highest BCUT2D eigenvalue weighted by Gasteiger charge is 2.32. The number of ether oxygens (including phenoxy) is 1. The molecule has 0 radical (unpaired) electrons. The number of aromatic amines is 1. The Balaban J connectivity index is 2.00. The smallest absolute Gasteiger partial charge is 0.433 e. The molecule has 0 amide bonds. The van der Waals surface area contributed by atoms with Crippen molar-refractivity contribution in [2.45, 2.75) is 6.18 Å². The quantitative estimate of drug-likeness (QED) is 0.596. The maximum atomic E-state index is 12.9. The summed E-state index contributed by atoms with van der Waals surface area (Å²) in [5.41, 5.74) is -0.0732. The first-order valence-electron chi connectivity index (χ1n) is 7.51. The maximum absolute atomic E-state index is 12.9. The largest absolute Gasteiger partial charge is 0.494 e. The lowest BCUT2D eigenvalue weighted by atomic mass is 10.1. The molecule has 3 heterocycles. The number of hydrogen-bond acceptors (Lipinski definition) is 4. The van der Waals surface area contributed by atoms with E-state index in [2.05, 4.69) is 15.1 Å². The van der Waals surface area contributed by atoms with Gasteiger partial charge in [0.2, 0.25) is 0 Å². The third-order valence-electron chi connectivity index (χ3n) is 3.97. The molecule has 26 heavy (non-hydrogen) atoms. The fraction of sp³-hybridized carbons (Fsp3) is 0.118. The van der Waals surface area contributed by atoms with E-state index >= 15 is 0 Å². The molecular weight excluding hydrogens is 349 g/mol. The van der Waals surface area contributed by atoms with Gasteiger partial charge in [0.25, 0.3) is 5.56 Å². The van der Waals surface area contributed by atoms with Gasteiger partial charge in [-0.2, -0.15) is 18.3 Å². The van der Waals surface area contributed by atoms with Crippen LogP contribution in [0.4, 0.5) is 13.2 Å². The number of fused-ring (bicyclic) bond motifs is 3. The van der Waals surface area contributed by atoms with Gasteiger partial charge >= 0.3 is 6.18 Å². The molecule has 0 unspecified atom stereocenters. The minimum Gasteiger partial charge on any atom is -0.494 e. The van der Waals surface area contributed by atoms with Gasteiger partial charge in [0.15, 0.2) is 0 Å². The molecule has 0 atom stereocenters. The van der Waals surface area contributed by atoms with E-state index in [9.17, 15) is 18.0 Å². The van der Waals surface area contributed by atoms with E-state index < -0.39 is 11.9 Å². The monoisotopic (exact) mass is 360 g/mol. The number of H-pyrrole nitrogens is 1. The fourth-order valence-electron chi connectivity index (χ4n) is 2.80. The minimum absolute atomic E-state index is 0.236. The lowest BCUT2D eigenvalue weighted by molar-refractivity contribution is -0.141. The van der Waals surface area contributed by atoms with Crippen LogP contribution in [0.15, 0.2) is 47.4 Å². The molecule has 0 aliphatic rings. The summed E-state index contributed by atoms with van der Waals surface area (Å²) >= 11 is 0. The summed E-state index contributed by atoms with van der Waals surface area (Å²) in [6.07, 6.45) is -3.48. The number of para-hydroxylation sites is 1. The van der Waals surface area contributed by atoms with Gasteiger partial charge < -0.3 is 9.72 Å². The van der Waals surface area contributed by atoms with Gasteiger partial charge in [-0.1, -0.05) is 6.07 Å². The molecule has 0 aliphatic carbocycles. The second-order valence-corrected chi connectivity index (χ2v) is 5.56. The van der Waals surface area contributed by atoms with Gasteiger partial charge in [-0.15, -0.1) is 0 Å². The van der Waals surface area contributed by atoms with Gasteiger partial charge in [0.1, 0.15) is 22.6 Å². The second kappa shape index (κ2) is 5.58. The first-order chi connectivity index (χ1) is 12.4. The fourth-order valence-corrected chi connectivity index (χ4v) is 2.80. The normalized spacial score (nSPS) is 12.0. The zero-order valence-electron chi connectivity index (χ0n) is 13.3. The van der Waals surface area contributed by atoms with E-state index in [1.165, 1.54) is 23.8 Å². The Morgan fingerprint density at radius 3 is 2.73 bits per heavy atom. The van der Waals surface area contributed by atoms with Crippen LogP contribution in [0.3, 0.4) is 0 Å². The van der Waals surface area contributed by atoms with Crippen molar-refractivity contribution in [2.24, 2.45) is 0 Å². The van der Waals surface area contributed by atoms with Crippen LogP contribution < -0.4 is 10.3 Å². The van der Waals surface area contributed by atoms with Gasteiger partial charge in [0.05, 0.1) is 18.2 Å². The number of pyridine rings is 1. The molecule has 0 aliphatic heterocycles.